The van der Waals surface area contributed by atoms with Crippen LogP contribution in [0.4, 0.5) is 0 Å². The SMILES string of the molecule is c1ccc2c(c1)CCc1c(-c3ccc4c(c3)OCO4)ccnc1-2. The van der Waals surface area contributed by atoms with Crippen LogP contribution in [0.2, 0.25) is 0 Å². The van der Waals surface area contributed by atoms with Crippen LogP contribution in [-0.2, 0) is 12.8 Å². The Bertz CT molecular complexity index is 917. The molecular weight excluding hydrogens is 286 g/mol. The normalized spacial score (nSPS) is 14.3. The van der Waals surface area contributed by atoms with E-state index in [2.05, 4.69) is 47.4 Å². The fourth-order valence-electron chi connectivity index (χ4n) is 3.54. The maximum Gasteiger partial charge on any atom is 0.231 e. The number of hydrogen-bond donors (Lipinski definition) is 0. The van der Waals surface area contributed by atoms with Gasteiger partial charge in [0.2, 0.25) is 6.79 Å². The summed E-state index contributed by atoms with van der Waals surface area (Å²) < 4.78 is 10.9. The lowest BCUT2D eigenvalue weighted by atomic mass is 9.85. The molecule has 112 valence electrons. The second-order valence-electron chi connectivity index (χ2n) is 5.91. The van der Waals surface area contributed by atoms with Crippen molar-refractivity contribution in [3.05, 3.63) is 65.9 Å². The number of nitrogens with zero attached hydrogens (tertiary/aromatic N) is 1. The van der Waals surface area contributed by atoms with Crippen molar-refractivity contribution in [3.8, 4) is 33.9 Å². The zero-order chi connectivity index (χ0) is 15.2. The lowest BCUT2D eigenvalue weighted by Crippen LogP contribution is -2.07. The maximum absolute atomic E-state index is 5.52. The van der Waals surface area contributed by atoms with Crippen molar-refractivity contribution >= 4 is 0 Å². The molecule has 3 heteroatoms. The number of benzene rings is 2. The molecule has 2 heterocycles. The van der Waals surface area contributed by atoms with Crippen LogP contribution >= 0.6 is 0 Å². The molecule has 3 nitrogen and oxygen atoms in total. The Balaban J connectivity index is 1.69. The number of pyridine rings is 1. The molecule has 2 aliphatic rings. The van der Waals surface area contributed by atoms with Gasteiger partial charge in [0.25, 0.3) is 0 Å². The van der Waals surface area contributed by atoms with E-state index in [4.69, 9.17) is 9.47 Å². The molecule has 0 radical (unpaired) electrons. The van der Waals surface area contributed by atoms with Gasteiger partial charge in [0.05, 0.1) is 5.69 Å². The largest absolute Gasteiger partial charge is 0.454 e. The summed E-state index contributed by atoms with van der Waals surface area (Å²) in [4.78, 5) is 4.66. The third-order valence-electron chi connectivity index (χ3n) is 4.66. The van der Waals surface area contributed by atoms with Gasteiger partial charge in [-0.1, -0.05) is 30.3 Å². The predicted octanol–water partition coefficient (Wildman–Crippen LogP) is 4.24. The van der Waals surface area contributed by atoms with Crippen LogP contribution in [0.5, 0.6) is 11.5 Å². The number of aryl methyl sites for hydroxylation is 1. The quantitative estimate of drug-likeness (QED) is 0.673. The molecule has 2 aromatic carbocycles. The van der Waals surface area contributed by atoms with Crippen LogP contribution in [0.25, 0.3) is 22.4 Å². The molecule has 0 fully saturated rings. The van der Waals surface area contributed by atoms with E-state index in [1.54, 1.807) is 0 Å². The molecule has 0 saturated carbocycles. The predicted molar refractivity (Wildman–Crippen MR) is 88.6 cm³/mol. The fraction of sp³-hybridized carbons (Fsp3) is 0.150. The highest BCUT2D eigenvalue weighted by atomic mass is 16.7. The molecule has 0 saturated heterocycles. The number of aromatic nitrogens is 1. The van der Waals surface area contributed by atoms with E-state index in [-0.39, 0.29) is 0 Å². The van der Waals surface area contributed by atoms with Crippen molar-refractivity contribution in [2.45, 2.75) is 12.8 Å². The summed E-state index contributed by atoms with van der Waals surface area (Å²) in [5, 5.41) is 0. The van der Waals surface area contributed by atoms with E-state index in [9.17, 15) is 0 Å². The van der Waals surface area contributed by atoms with Gasteiger partial charge in [0.15, 0.2) is 11.5 Å². The summed E-state index contributed by atoms with van der Waals surface area (Å²) in [5.41, 5.74) is 7.48. The molecule has 0 bridgehead atoms. The lowest BCUT2D eigenvalue weighted by molar-refractivity contribution is 0.174. The second-order valence-corrected chi connectivity index (χ2v) is 5.91. The Labute approximate surface area is 134 Å². The smallest absolute Gasteiger partial charge is 0.231 e. The number of hydrogen-bond acceptors (Lipinski definition) is 3. The average molecular weight is 301 g/mol. The van der Waals surface area contributed by atoms with Gasteiger partial charge in [0.1, 0.15) is 0 Å². The van der Waals surface area contributed by atoms with Gasteiger partial charge < -0.3 is 9.47 Å². The fourth-order valence-corrected chi connectivity index (χ4v) is 3.54. The van der Waals surface area contributed by atoms with Gasteiger partial charge in [-0.2, -0.15) is 0 Å². The summed E-state index contributed by atoms with van der Waals surface area (Å²) in [6, 6.07) is 16.8. The van der Waals surface area contributed by atoms with Gasteiger partial charge in [0, 0.05) is 11.8 Å². The minimum atomic E-state index is 0.306. The number of ether oxygens (including phenoxy) is 2. The average Bonchev–Trinajstić information content (AvgIpc) is 3.08. The molecule has 3 aromatic rings. The molecular formula is C20H15NO2. The minimum Gasteiger partial charge on any atom is -0.454 e. The standard InChI is InChI=1S/C20H15NO2/c1-2-4-16-13(3-1)5-7-17-15(9-10-21-20(16)17)14-6-8-18-19(11-14)23-12-22-18/h1-4,6,8-11H,5,7,12H2. The van der Waals surface area contributed by atoms with Crippen molar-refractivity contribution in [1.29, 1.82) is 0 Å². The van der Waals surface area contributed by atoms with Crippen molar-refractivity contribution < 1.29 is 9.47 Å². The third-order valence-corrected chi connectivity index (χ3v) is 4.66. The minimum absolute atomic E-state index is 0.306. The zero-order valence-electron chi connectivity index (χ0n) is 12.6. The van der Waals surface area contributed by atoms with Gasteiger partial charge in [-0.15, -0.1) is 0 Å². The van der Waals surface area contributed by atoms with Crippen LogP contribution < -0.4 is 9.47 Å². The first-order valence-electron chi connectivity index (χ1n) is 7.86. The molecule has 1 aliphatic heterocycles. The van der Waals surface area contributed by atoms with Gasteiger partial charge in [-0.25, -0.2) is 0 Å². The summed E-state index contributed by atoms with van der Waals surface area (Å²) in [6.07, 6.45) is 3.98. The Morgan fingerprint density at radius 1 is 0.826 bits per heavy atom. The van der Waals surface area contributed by atoms with Gasteiger partial charge in [-0.05, 0) is 53.3 Å². The van der Waals surface area contributed by atoms with Crippen molar-refractivity contribution in [2.75, 3.05) is 6.79 Å². The Kier molecular flexibility index (Phi) is 2.68. The second kappa shape index (κ2) is 4.85. The highest BCUT2D eigenvalue weighted by Gasteiger charge is 2.21. The molecule has 23 heavy (non-hydrogen) atoms. The van der Waals surface area contributed by atoms with Crippen molar-refractivity contribution in [2.24, 2.45) is 0 Å². The van der Waals surface area contributed by atoms with Crippen LogP contribution in [-0.4, -0.2) is 11.8 Å². The molecule has 1 aliphatic carbocycles. The molecule has 0 amide bonds. The summed E-state index contributed by atoms with van der Waals surface area (Å²) in [6.45, 7) is 0.306. The summed E-state index contributed by atoms with van der Waals surface area (Å²) >= 11 is 0. The molecule has 0 atom stereocenters. The third kappa shape index (κ3) is 1.93. The summed E-state index contributed by atoms with van der Waals surface area (Å²) in [7, 11) is 0. The molecule has 5 rings (SSSR count). The highest BCUT2D eigenvalue weighted by Crippen LogP contribution is 2.40. The molecule has 0 spiro atoms. The lowest BCUT2D eigenvalue weighted by Gasteiger charge is -2.21. The molecule has 1 aromatic heterocycles. The first-order chi connectivity index (χ1) is 11.4. The van der Waals surface area contributed by atoms with E-state index in [0.29, 0.717) is 6.79 Å². The molecule has 0 unspecified atom stereocenters. The Morgan fingerprint density at radius 3 is 2.74 bits per heavy atom. The first-order valence-corrected chi connectivity index (χ1v) is 7.86. The van der Waals surface area contributed by atoms with E-state index in [0.717, 1.165) is 35.6 Å². The monoisotopic (exact) mass is 301 g/mol. The van der Waals surface area contributed by atoms with Crippen LogP contribution in [0, 0.1) is 0 Å². The van der Waals surface area contributed by atoms with Gasteiger partial charge >= 0.3 is 0 Å². The van der Waals surface area contributed by atoms with Gasteiger partial charge in [-0.3, -0.25) is 4.98 Å². The van der Waals surface area contributed by atoms with E-state index < -0.39 is 0 Å². The van der Waals surface area contributed by atoms with E-state index in [1.807, 2.05) is 12.3 Å². The van der Waals surface area contributed by atoms with Crippen molar-refractivity contribution in [1.82, 2.24) is 4.98 Å². The van der Waals surface area contributed by atoms with E-state index >= 15 is 0 Å². The van der Waals surface area contributed by atoms with Crippen LogP contribution in [0.3, 0.4) is 0 Å². The maximum atomic E-state index is 5.52. The molecule has 0 N–H and O–H groups in total. The first kappa shape index (κ1) is 12.7. The van der Waals surface area contributed by atoms with Crippen LogP contribution in [0.15, 0.2) is 54.7 Å². The zero-order valence-corrected chi connectivity index (χ0v) is 12.6. The number of fused-ring (bicyclic) bond motifs is 4. The van der Waals surface area contributed by atoms with Crippen LogP contribution in [0.1, 0.15) is 11.1 Å². The topological polar surface area (TPSA) is 31.4 Å². The Hall–Kier alpha value is -2.81. The van der Waals surface area contributed by atoms with Crippen molar-refractivity contribution in [3.63, 3.8) is 0 Å². The highest BCUT2D eigenvalue weighted by molar-refractivity contribution is 5.80. The summed E-state index contributed by atoms with van der Waals surface area (Å²) in [5.74, 6) is 1.64. The van der Waals surface area contributed by atoms with E-state index in [1.165, 1.54) is 22.3 Å². The Morgan fingerprint density at radius 2 is 1.74 bits per heavy atom. The number of rotatable bonds is 1.